The van der Waals surface area contributed by atoms with Crippen LogP contribution < -0.4 is 5.73 Å². The van der Waals surface area contributed by atoms with Crippen LogP contribution in [0, 0.1) is 22.0 Å². The second kappa shape index (κ2) is 6.25. The van der Waals surface area contributed by atoms with Gasteiger partial charge in [-0.05, 0) is 13.0 Å². The Bertz CT molecular complexity index is 529. The fourth-order valence-corrected chi connectivity index (χ4v) is 1.20. The molecule has 94 valence electrons. The van der Waals surface area contributed by atoms with Crippen LogP contribution in [0.3, 0.4) is 0 Å². The SMILES string of the molecule is CCOC(=O)CC#Cc1ccc([N+](=O)[O-])cc1N. The highest BCUT2D eigenvalue weighted by atomic mass is 16.6. The van der Waals surface area contributed by atoms with Gasteiger partial charge in [-0.1, -0.05) is 11.8 Å². The minimum Gasteiger partial charge on any atom is -0.465 e. The lowest BCUT2D eigenvalue weighted by Crippen LogP contribution is -2.01. The second-order valence-corrected chi connectivity index (χ2v) is 3.31. The Morgan fingerprint density at radius 2 is 2.28 bits per heavy atom. The molecule has 0 amide bonds. The molecule has 0 aliphatic heterocycles. The number of benzene rings is 1. The first-order chi connectivity index (χ1) is 8.54. The maximum absolute atomic E-state index is 11.0. The zero-order valence-corrected chi connectivity index (χ0v) is 9.80. The summed E-state index contributed by atoms with van der Waals surface area (Å²) < 4.78 is 4.70. The van der Waals surface area contributed by atoms with Gasteiger partial charge in [0.25, 0.3) is 5.69 Å². The molecular formula is C12H12N2O4. The molecule has 6 nitrogen and oxygen atoms in total. The van der Waals surface area contributed by atoms with E-state index in [2.05, 4.69) is 11.8 Å². The number of nitro benzene ring substituents is 1. The van der Waals surface area contributed by atoms with Crippen LogP contribution in [0.1, 0.15) is 18.9 Å². The van der Waals surface area contributed by atoms with Crippen molar-refractivity contribution in [3.8, 4) is 11.8 Å². The molecule has 0 saturated carbocycles. The average molecular weight is 248 g/mol. The smallest absolute Gasteiger partial charge is 0.317 e. The summed E-state index contributed by atoms with van der Waals surface area (Å²) in [5.41, 5.74) is 6.18. The molecule has 1 rings (SSSR count). The van der Waals surface area contributed by atoms with Crippen molar-refractivity contribution in [2.45, 2.75) is 13.3 Å². The quantitative estimate of drug-likeness (QED) is 0.287. The van der Waals surface area contributed by atoms with Gasteiger partial charge in [-0.2, -0.15) is 0 Å². The molecule has 0 saturated heterocycles. The molecule has 1 aromatic rings. The molecule has 0 spiro atoms. The number of anilines is 1. The van der Waals surface area contributed by atoms with Crippen LogP contribution >= 0.6 is 0 Å². The maximum atomic E-state index is 11.0. The molecule has 18 heavy (non-hydrogen) atoms. The van der Waals surface area contributed by atoms with E-state index in [1.54, 1.807) is 6.92 Å². The molecule has 2 N–H and O–H groups in total. The molecule has 0 bridgehead atoms. The van der Waals surface area contributed by atoms with Crippen molar-refractivity contribution in [3.05, 3.63) is 33.9 Å². The Balaban J connectivity index is 2.77. The van der Waals surface area contributed by atoms with E-state index in [1.165, 1.54) is 18.2 Å². The minimum absolute atomic E-state index is 0.0374. The minimum atomic E-state index is -0.536. The largest absolute Gasteiger partial charge is 0.465 e. The van der Waals surface area contributed by atoms with Crippen molar-refractivity contribution >= 4 is 17.3 Å². The summed E-state index contributed by atoms with van der Waals surface area (Å²) in [5.74, 6) is 4.86. The Hall–Kier alpha value is -2.55. The summed E-state index contributed by atoms with van der Waals surface area (Å²) in [6.45, 7) is 2.01. The molecule has 0 unspecified atom stereocenters. The molecule has 0 atom stereocenters. The number of carbonyl (C=O) groups is 1. The summed E-state index contributed by atoms with van der Waals surface area (Å²) in [7, 11) is 0. The first kappa shape index (κ1) is 13.5. The Kier molecular flexibility index (Phi) is 4.69. The van der Waals surface area contributed by atoms with Gasteiger partial charge in [-0.15, -0.1) is 0 Å². The van der Waals surface area contributed by atoms with Crippen LogP contribution in [0.5, 0.6) is 0 Å². The third kappa shape index (κ3) is 3.79. The lowest BCUT2D eigenvalue weighted by atomic mass is 10.1. The van der Waals surface area contributed by atoms with E-state index in [0.29, 0.717) is 12.2 Å². The van der Waals surface area contributed by atoms with Crippen molar-refractivity contribution < 1.29 is 14.5 Å². The van der Waals surface area contributed by atoms with Gasteiger partial charge in [-0.25, -0.2) is 0 Å². The summed E-state index contributed by atoms with van der Waals surface area (Å²) in [5, 5.41) is 10.5. The van der Waals surface area contributed by atoms with E-state index in [1.807, 2.05) is 0 Å². The highest BCUT2D eigenvalue weighted by Gasteiger charge is 2.07. The number of nitro groups is 1. The van der Waals surface area contributed by atoms with Gasteiger partial charge in [0, 0.05) is 17.7 Å². The second-order valence-electron chi connectivity index (χ2n) is 3.31. The topological polar surface area (TPSA) is 95.5 Å². The number of non-ortho nitro benzene ring substituents is 1. The molecule has 1 aromatic carbocycles. The molecule has 0 aliphatic carbocycles. The van der Waals surface area contributed by atoms with Gasteiger partial charge >= 0.3 is 5.97 Å². The van der Waals surface area contributed by atoms with Crippen molar-refractivity contribution in [1.82, 2.24) is 0 Å². The van der Waals surface area contributed by atoms with E-state index in [4.69, 9.17) is 10.5 Å². The van der Waals surface area contributed by atoms with E-state index in [-0.39, 0.29) is 17.8 Å². The summed E-state index contributed by atoms with van der Waals surface area (Å²) in [4.78, 5) is 21.0. The van der Waals surface area contributed by atoms with E-state index >= 15 is 0 Å². The number of hydrogen-bond acceptors (Lipinski definition) is 5. The van der Waals surface area contributed by atoms with Crippen LogP contribution in [0.15, 0.2) is 18.2 Å². The molecule has 0 heterocycles. The summed E-state index contributed by atoms with van der Waals surface area (Å²) in [6.07, 6.45) is -0.0374. The third-order valence-electron chi connectivity index (χ3n) is 2.01. The van der Waals surface area contributed by atoms with Gasteiger partial charge in [0.2, 0.25) is 0 Å². The Labute approximate surface area is 104 Å². The van der Waals surface area contributed by atoms with Crippen LogP contribution in [0.4, 0.5) is 11.4 Å². The lowest BCUT2D eigenvalue weighted by molar-refractivity contribution is -0.384. The third-order valence-corrected chi connectivity index (χ3v) is 2.01. The monoisotopic (exact) mass is 248 g/mol. The molecule has 0 aromatic heterocycles. The predicted molar refractivity (Wildman–Crippen MR) is 65.6 cm³/mol. The van der Waals surface area contributed by atoms with Crippen molar-refractivity contribution in [2.24, 2.45) is 0 Å². The van der Waals surface area contributed by atoms with E-state index in [0.717, 1.165) is 0 Å². The van der Waals surface area contributed by atoms with Gasteiger partial charge in [0.15, 0.2) is 0 Å². The molecule has 6 heteroatoms. The molecule has 0 aliphatic rings. The van der Waals surface area contributed by atoms with Crippen molar-refractivity contribution in [2.75, 3.05) is 12.3 Å². The average Bonchev–Trinajstić information content (AvgIpc) is 2.31. The number of esters is 1. The first-order valence-corrected chi connectivity index (χ1v) is 5.23. The fraction of sp³-hybridized carbons (Fsp3) is 0.250. The number of hydrogen-bond donors (Lipinski definition) is 1. The number of nitrogen functional groups attached to an aromatic ring is 1. The Morgan fingerprint density at radius 3 is 2.83 bits per heavy atom. The number of carbonyl (C=O) groups excluding carboxylic acids is 1. The normalized spacial score (nSPS) is 9.17. The molecule has 0 radical (unpaired) electrons. The van der Waals surface area contributed by atoms with Gasteiger partial charge < -0.3 is 10.5 Å². The Morgan fingerprint density at radius 1 is 1.56 bits per heavy atom. The maximum Gasteiger partial charge on any atom is 0.317 e. The van der Waals surface area contributed by atoms with Crippen LogP contribution in [0.2, 0.25) is 0 Å². The van der Waals surface area contributed by atoms with Crippen molar-refractivity contribution in [3.63, 3.8) is 0 Å². The van der Waals surface area contributed by atoms with Crippen LogP contribution in [-0.2, 0) is 9.53 Å². The van der Waals surface area contributed by atoms with Crippen LogP contribution in [-0.4, -0.2) is 17.5 Å². The van der Waals surface area contributed by atoms with Gasteiger partial charge in [-0.3, -0.25) is 14.9 Å². The standard InChI is InChI=1S/C12H12N2O4/c1-2-18-12(15)5-3-4-9-6-7-10(14(16)17)8-11(9)13/h6-8H,2,5,13H2,1H3. The number of nitrogens with zero attached hydrogens (tertiary/aromatic N) is 1. The van der Waals surface area contributed by atoms with E-state index in [9.17, 15) is 14.9 Å². The first-order valence-electron chi connectivity index (χ1n) is 5.23. The highest BCUT2D eigenvalue weighted by Crippen LogP contribution is 2.18. The van der Waals surface area contributed by atoms with Crippen molar-refractivity contribution in [1.29, 1.82) is 0 Å². The lowest BCUT2D eigenvalue weighted by Gasteiger charge is -1.98. The zero-order valence-electron chi connectivity index (χ0n) is 9.80. The van der Waals surface area contributed by atoms with Crippen LogP contribution in [0.25, 0.3) is 0 Å². The number of ether oxygens (including phenoxy) is 1. The van der Waals surface area contributed by atoms with E-state index < -0.39 is 10.9 Å². The highest BCUT2D eigenvalue weighted by molar-refractivity contribution is 5.73. The predicted octanol–water partition coefficient (Wildman–Crippen LogP) is 1.48. The zero-order chi connectivity index (χ0) is 13.5. The fourth-order valence-electron chi connectivity index (χ4n) is 1.20. The summed E-state index contributed by atoms with van der Waals surface area (Å²) >= 11 is 0. The molecule has 0 fully saturated rings. The molecular weight excluding hydrogens is 236 g/mol. The van der Waals surface area contributed by atoms with Gasteiger partial charge in [0.1, 0.15) is 6.42 Å². The number of nitrogens with two attached hydrogens (primary N) is 1. The number of rotatable bonds is 3. The summed E-state index contributed by atoms with van der Waals surface area (Å²) in [6, 6.07) is 3.99. The van der Waals surface area contributed by atoms with Gasteiger partial charge in [0.05, 0.1) is 17.2 Å².